The maximum Gasteiger partial charge on any atom is 0.192 e. The molecule has 1 fully saturated rings. The maximum absolute atomic E-state index is 6.02. The van der Waals surface area contributed by atoms with Crippen molar-refractivity contribution in [3.8, 4) is 0 Å². The Morgan fingerprint density at radius 2 is 2.20 bits per heavy atom. The van der Waals surface area contributed by atoms with Gasteiger partial charge in [-0.05, 0) is 27.2 Å². The minimum atomic E-state index is -0.110. The van der Waals surface area contributed by atoms with Crippen LogP contribution in [0.5, 0.6) is 0 Å². The number of ether oxygens (including phenoxy) is 1. The van der Waals surface area contributed by atoms with Crippen LogP contribution in [-0.4, -0.2) is 42.2 Å². The Labute approximate surface area is 92.5 Å². The molecule has 15 heavy (non-hydrogen) atoms. The average molecular weight is 213 g/mol. The van der Waals surface area contributed by atoms with Crippen LogP contribution in [0.3, 0.4) is 0 Å². The fourth-order valence-electron chi connectivity index (χ4n) is 1.70. The van der Waals surface area contributed by atoms with Crippen molar-refractivity contribution < 1.29 is 4.74 Å². The largest absolute Gasteiger partial charge is 0.377 e. The van der Waals surface area contributed by atoms with Crippen LogP contribution in [0.2, 0.25) is 0 Å². The van der Waals surface area contributed by atoms with Crippen molar-refractivity contribution in [2.75, 3.05) is 19.8 Å². The first kappa shape index (κ1) is 12.3. The highest BCUT2D eigenvalue weighted by Gasteiger charge is 2.24. The van der Waals surface area contributed by atoms with Gasteiger partial charge in [0, 0.05) is 6.54 Å². The van der Waals surface area contributed by atoms with Crippen LogP contribution >= 0.6 is 0 Å². The quantitative estimate of drug-likeness (QED) is 0.526. The number of hydrogen-bond donors (Lipinski definition) is 1. The van der Waals surface area contributed by atoms with Crippen LogP contribution in [0.1, 0.15) is 34.1 Å². The fraction of sp³-hybridized carbons (Fsp3) is 0.909. The molecule has 88 valence electrons. The zero-order valence-corrected chi connectivity index (χ0v) is 10.3. The molecule has 0 radical (unpaired) electrons. The second-order valence-electron chi connectivity index (χ2n) is 4.97. The standard InChI is InChI=1S/C11H23N3O/c1-5-9-8-15-7-6-14(9)10(12)13-11(2,3)4/h9H,5-8H2,1-4H3,(H2,12,13). The molecule has 0 aromatic rings. The number of rotatable bonds is 1. The molecule has 0 spiro atoms. The summed E-state index contributed by atoms with van der Waals surface area (Å²) in [5.74, 6) is 0.651. The van der Waals surface area contributed by atoms with Crippen molar-refractivity contribution in [3.05, 3.63) is 0 Å². The maximum atomic E-state index is 6.02. The topological polar surface area (TPSA) is 50.9 Å². The summed E-state index contributed by atoms with van der Waals surface area (Å²) in [6.45, 7) is 10.7. The molecule has 0 aliphatic carbocycles. The minimum Gasteiger partial charge on any atom is -0.377 e. The first-order valence-corrected chi connectivity index (χ1v) is 5.63. The summed E-state index contributed by atoms with van der Waals surface area (Å²) in [5.41, 5.74) is 5.91. The molecule has 0 aromatic heterocycles. The first-order chi connectivity index (χ1) is 6.94. The highest BCUT2D eigenvalue weighted by molar-refractivity contribution is 5.79. The summed E-state index contributed by atoms with van der Waals surface area (Å²) in [7, 11) is 0. The predicted octanol–water partition coefficient (Wildman–Crippen LogP) is 1.21. The zero-order valence-electron chi connectivity index (χ0n) is 10.3. The Morgan fingerprint density at radius 3 is 2.73 bits per heavy atom. The predicted molar refractivity (Wildman–Crippen MR) is 63.0 cm³/mol. The van der Waals surface area contributed by atoms with E-state index in [0.717, 1.165) is 26.2 Å². The first-order valence-electron chi connectivity index (χ1n) is 5.63. The minimum absolute atomic E-state index is 0.110. The van der Waals surface area contributed by atoms with Crippen LogP contribution in [-0.2, 0) is 4.74 Å². The highest BCUT2D eigenvalue weighted by Crippen LogP contribution is 2.12. The van der Waals surface area contributed by atoms with Crippen LogP contribution < -0.4 is 5.73 Å². The van der Waals surface area contributed by atoms with Gasteiger partial charge < -0.3 is 15.4 Å². The fourth-order valence-corrected chi connectivity index (χ4v) is 1.70. The number of nitrogens with two attached hydrogens (primary N) is 1. The van der Waals surface area contributed by atoms with E-state index in [1.807, 2.05) is 0 Å². The molecule has 1 rings (SSSR count). The van der Waals surface area contributed by atoms with Crippen molar-refractivity contribution in [1.29, 1.82) is 0 Å². The summed E-state index contributed by atoms with van der Waals surface area (Å²) in [6, 6.07) is 0.379. The van der Waals surface area contributed by atoms with E-state index in [0.29, 0.717) is 12.0 Å². The zero-order chi connectivity index (χ0) is 11.5. The van der Waals surface area contributed by atoms with Crippen LogP contribution in [0.25, 0.3) is 0 Å². The van der Waals surface area contributed by atoms with Crippen molar-refractivity contribution in [2.45, 2.75) is 45.7 Å². The van der Waals surface area contributed by atoms with E-state index in [2.05, 4.69) is 37.6 Å². The Bertz CT molecular complexity index is 232. The molecule has 1 atom stereocenters. The Balaban J connectivity index is 2.71. The van der Waals surface area contributed by atoms with Gasteiger partial charge in [0.15, 0.2) is 5.96 Å². The van der Waals surface area contributed by atoms with E-state index in [4.69, 9.17) is 10.5 Å². The number of guanidine groups is 1. The monoisotopic (exact) mass is 213 g/mol. The molecule has 0 bridgehead atoms. The molecule has 1 unspecified atom stereocenters. The smallest absolute Gasteiger partial charge is 0.192 e. The van der Waals surface area contributed by atoms with Crippen molar-refractivity contribution in [1.82, 2.24) is 4.90 Å². The molecular formula is C11H23N3O. The molecule has 1 aliphatic rings. The summed E-state index contributed by atoms with van der Waals surface area (Å²) in [6.07, 6.45) is 1.04. The summed E-state index contributed by atoms with van der Waals surface area (Å²) in [5, 5.41) is 0. The molecule has 2 N–H and O–H groups in total. The van der Waals surface area contributed by atoms with Crippen LogP contribution in [0, 0.1) is 0 Å². The van der Waals surface area contributed by atoms with Crippen LogP contribution in [0.4, 0.5) is 0 Å². The SMILES string of the molecule is CCC1COCCN1C(N)=NC(C)(C)C. The molecule has 1 aliphatic heterocycles. The molecule has 0 aromatic carbocycles. The lowest BCUT2D eigenvalue weighted by Gasteiger charge is -2.36. The molecule has 0 saturated carbocycles. The molecule has 4 nitrogen and oxygen atoms in total. The molecular weight excluding hydrogens is 190 g/mol. The lowest BCUT2D eigenvalue weighted by Crippen LogP contribution is -2.52. The summed E-state index contributed by atoms with van der Waals surface area (Å²) >= 11 is 0. The molecule has 1 saturated heterocycles. The van der Waals surface area contributed by atoms with Crippen molar-refractivity contribution in [3.63, 3.8) is 0 Å². The van der Waals surface area contributed by atoms with Gasteiger partial charge >= 0.3 is 0 Å². The van der Waals surface area contributed by atoms with Gasteiger partial charge in [-0.3, -0.25) is 0 Å². The van der Waals surface area contributed by atoms with Gasteiger partial charge in [-0.1, -0.05) is 6.92 Å². The Hall–Kier alpha value is -0.770. The average Bonchev–Trinajstić information content (AvgIpc) is 2.15. The number of nitrogens with zero attached hydrogens (tertiary/aromatic N) is 2. The normalized spacial score (nSPS) is 24.4. The number of hydrogen-bond acceptors (Lipinski definition) is 2. The lowest BCUT2D eigenvalue weighted by molar-refractivity contribution is 0.0243. The van der Waals surface area contributed by atoms with E-state index in [-0.39, 0.29) is 5.54 Å². The van der Waals surface area contributed by atoms with E-state index >= 15 is 0 Å². The van der Waals surface area contributed by atoms with E-state index < -0.39 is 0 Å². The Morgan fingerprint density at radius 1 is 1.53 bits per heavy atom. The molecule has 0 amide bonds. The lowest BCUT2D eigenvalue weighted by atomic mass is 10.1. The molecule has 1 heterocycles. The second-order valence-corrected chi connectivity index (χ2v) is 4.97. The van der Waals surface area contributed by atoms with Gasteiger partial charge in [0.2, 0.25) is 0 Å². The van der Waals surface area contributed by atoms with Crippen molar-refractivity contribution in [2.24, 2.45) is 10.7 Å². The third kappa shape index (κ3) is 3.70. The van der Waals surface area contributed by atoms with E-state index in [1.54, 1.807) is 0 Å². The summed E-state index contributed by atoms with van der Waals surface area (Å²) < 4.78 is 5.43. The van der Waals surface area contributed by atoms with Crippen molar-refractivity contribution >= 4 is 5.96 Å². The van der Waals surface area contributed by atoms with Gasteiger partial charge in [-0.15, -0.1) is 0 Å². The highest BCUT2D eigenvalue weighted by atomic mass is 16.5. The van der Waals surface area contributed by atoms with E-state index in [9.17, 15) is 0 Å². The van der Waals surface area contributed by atoms with Gasteiger partial charge in [0.1, 0.15) is 0 Å². The third-order valence-electron chi connectivity index (χ3n) is 2.44. The van der Waals surface area contributed by atoms with Gasteiger partial charge in [-0.25, -0.2) is 4.99 Å². The Kier molecular flexibility index (Phi) is 3.97. The van der Waals surface area contributed by atoms with Crippen LogP contribution in [0.15, 0.2) is 4.99 Å². The second kappa shape index (κ2) is 4.84. The van der Waals surface area contributed by atoms with E-state index in [1.165, 1.54) is 0 Å². The summed E-state index contributed by atoms with van der Waals surface area (Å²) in [4.78, 5) is 6.66. The van der Waals surface area contributed by atoms with Gasteiger partial charge in [0.25, 0.3) is 0 Å². The number of morpholine rings is 1. The molecule has 4 heteroatoms. The van der Waals surface area contributed by atoms with Gasteiger partial charge in [-0.2, -0.15) is 0 Å². The van der Waals surface area contributed by atoms with Gasteiger partial charge in [0.05, 0.1) is 24.8 Å². The third-order valence-corrected chi connectivity index (χ3v) is 2.44. The number of aliphatic imine (C=N–C) groups is 1.